The van der Waals surface area contributed by atoms with Gasteiger partial charge in [-0.3, -0.25) is 19.5 Å². The van der Waals surface area contributed by atoms with Gasteiger partial charge in [0.2, 0.25) is 0 Å². The maximum atomic E-state index is 13.6. The van der Waals surface area contributed by atoms with Crippen molar-refractivity contribution in [1.82, 2.24) is 9.88 Å². The molecule has 1 aliphatic rings. The number of pyridine rings is 1. The molecule has 1 fully saturated rings. The first-order valence-corrected chi connectivity index (χ1v) is 12.4. The van der Waals surface area contributed by atoms with E-state index in [4.69, 9.17) is 4.74 Å². The van der Waals surface area contributed by atoms with Gasteiger partial charge in [0.25, 0.3) is 0 Å². The van der Waals surface area contributed by atoms with E-state index < -0.39 is 5.97 Å². The molecule has 0 unspecified atom stereocenters. The highest BCUT2D eigenvalue weighted by atomic mass is 32.1. The van der Waals surface area contributed by atoms with Gasteiger partial charge in [-0.25, -0.2) is 4.39 Å². The van der Waals surface area contributed by atoms with E-state index >= 15 is 0 Å². The highest BCUT2D eigenvalue weighted by Gasteiger charge is 2.31. The van der Waals surface area contributed by atoms with E-state index in [1.807, 2.05) is 18.2 Å². The molecule has 1 aromatic carbocycles. The van der Waals surface area contributed by atoms with Crippen LogP contribution in [0.15, 0.2) is 41.9 Å². The largest absolute Gasteiger partial charge is 0.497 e. The van der Waals surface area contributed by atoms with Crippen LogP contribution in [0.25, 0.3) is 10.9 Å². The SMILES string of the molecule is COc1ccc2nccc(C(=O)CC[C@@H]3CCN(CC#Cc4sccc4F)C[C@@H]3CC(=O)O)c2c1. The predicted molar refractivity (Wildman–Crippen MR) is 133 cm³/mol. The molecule has 35 heavy (non-hydrogen) atoms. The van der Waals surface area contributed by atoms with E-state index in [9.17, 15) is 19.1 Å². The van der Waals surface area contributed by atoms with E-state index in [1.165, 1.54) is 17.4 Å². The molecule has 0 amide bonds. The number of fused-ring (bicyclic) bond motifs is 1. The Hall–Kier alpha value is -3.28. The smallest absolute Gasteiger partial charge is 0.303 e. The summed E-state index contributed by atoms with van der Waals surface area (Å²) < 4.78 is 18.9. The second-order valence-corrected chi connectivity index (χ2v) is 9.66. The summed E-state index contributed by atoms with van der Waals surface area (Å²) in [6.45, 7) is 1.83. The molecule has 0 saturated carbocycles. The fraction of sp³-hybridized carbons (Fsp3) is 0.370. The maximum absolute atomic E-state index is 13.6. The van der Waals surface area contributed by atoms with Crippen LogP contribution in [0.2, 0.25) is 0 Å². The Labute approximate surface area is 207 Å². The van der Waals surface area contributed by atoms with Crippen LogP contribution in [0, 0.1) is 29.5 Å². The number of thiophene rings is 1. The second kappa shape index (κ2) is 11.4. The summed E-state index contributed by atoms with van der Waals surface area (Å²) in [6.07, 6.45) is 3.46. The van der Waals surface area contributed by atoms with Crippen LogP contribution in [-0.4, -0.2) is 53.5 Å². The number of hydrogen-bond acceptors (Lipinski definition) is 6. The normalized spacial score (nSPS) is 18.1. The first kappa shape index (κ1) is 24.8. The zero-order valence-corrected chi connectivity index (χ0v) is 20.3. The minimum atomic E-state index is -0.841. The van der Waals surface area contributed by atoms with E-state index in [0.29, 0.717) is 42.1 Å². The van der Waals surface area contributed by atoms with Crippen LogP contribution in [0.1, 0.15) is 40.9 Å². The van der Waals surface area contributed by atoms with Gasteiger partial charge in [0.05, 0.1) is 19.2 Å². The Kier molecular flexibility index (Phi) is 8.11. The number of Topliss-reactive ketones (excluding diaryl/α,β-unsaturated/α-hetero) is 1. The fourth-order valence-corrected chi connectivity index (χ4v) is 5.33. The number of carbonyl (C=O) groups excluding carboxylic acids is 1. The number of carbonyl (C=O) groups is 2. The molecule has 2 aromatic heterocycles. The summed E-state index contributed by atoms with van der Waals surface area (Å²) in [5, 5.41) is 11.9. The molecule has 3 heterocycles. The Balaban J connectivity index is 1.40. The number of carboxylic acid groups (broad SMARTS) is 1. The molecule has 1 aliphatic heterocycles. The third-order valence-corrected chi connectivity index (χ3v) is 7.33. The minimum Gasteiger partial charge on any atom is -0.497 e. The molecule has 6 nitrogen and oxygen atoms in total. The van der Waals surface area contributed by atoms with E-state index in [1.54, 1.807) is 24.8 Å². The fourth-order valence-electron chi connectivity index (χ4n) is 4.70. The first-order chi connectivity index (χ1) is 16.9. The predicted octanol–water partition coefficient (Wildman–Crippen LogP) is 4.87. The van der Waals surface area contributed by atoms with Crippen LogP contribution in [-0.2, 0) is 4.79 Å². The van der Waals surface area contributed by atoms with Gasteiger partial charge in [-0.1, -0.05) is 11.8 Å². The number of piperidine rings is 1. The van der Waals surface area contributed by atoms with Crippen molar-refractivity contribution in [1.29, 1.82) is 0 Å². The molecule has 8 heteroatoms. The number of ether oxygens (including phenoxy) is 1. The first-order valence-electron chi connectivity index (χ1n) is 11.6. The molecule has 3 aromatic rings. The number of likely N-dealkylation sites (tertiary alicyclic amines) is 1. The molecule has 1 N–H and O–H groups in total. The average molecular weight is 495 g/mol. The summed E-state index contributed by atoms with van der Waals surface area (Å²) in [5.74, 6) is 5.48. The topological polar surface area (TPSA) is 79.7 Å². The van der Waals surface area contributed by atoms with Crippen molar-refractivity contribution in [3.05, 3.63) is 58.2 Å². The van der Waals surface area contributed by atoms with Crippen molar-refractivity contribution in [2.75, 3.05) is 26.7 Å². The van der Waals surface area contributed by atoms with Crippen LogP contribution < -0.4 is 4.74 Å². The summed E-state index contributed by atoms with van der Waals surface area (Å²) >= 11 is 1.27. The van der Waals surface area contributed by atoms with Gasteiger partial charge >= 0.3 is 5.97 Å². The molecule has 0 spiro atoms. The molecule has 4 rings (SSSR count). The minimum absolute atomic E-state index is 0.0194. The number of aromatic nitrogens is 1. The number of hydrogen-bond donors (Lipinski definition) is 1. The van der Waals surface area contributed by atoms with Gasteiger partial charge in [0.15, 0.2) is 5.78 Å². The van der Waals surface area contributed by atoms with Crippen molar-refractivity contribution in [3.63, 3.8) is 0 Å². The second-order valence-electron chi connectivity index (χ2n) is 8.74. The Bertz CT molecular complexity index is 1280. The van der Waals surface area contributed by atoms with Gasteiger partial charge in [-0.2, -0.15) is 0 Å². The Morgan fingerprint density at radius 2 is 2.14 bits per heavy atom. The quantitative estimate of drug-likeness (QED) is 0.356. The lowest BCUT2D eigenvalue weighted by Gasteiger charge is -2.37. The molecule has 0 aliphatic carbocycles. The molecule has 0 radical (unpaired) electrons. The third-order valence-electron chi connectivity index (χ3n) is 6.53. The van der Waals surface area contributed by atoms with Crippen molar-refractivity contribution >= 4 is 34.0 Å². The monoisotopic (exact) mass is 494 g/mol. The average Bonchev–Trinajstić information content (AvgIpc) is 3.26. The van der Waals surface area contributed by atoms with Crippen LogP contribution in [0.4, 0.5) is 4.39 Å². The summed E-state index contributed by atoms with van der Waals surface area (Å²) in [4.78, 5) is 31.5. The van der Waals surface area contributed by atoms with Gasteiger partial charge < -0.3 is 9.84 Å². The Morgan fingerprint density at radius 3 is 2.89 bits per heavy atom. The highest BCUT2D eigenvalue weighted by molar-refractivity contribution is 7.10. The number of aliphatic carboxylic acids is 1. The number of benzene rings is 1. The number of rotatable bonds is 8. The lowest BCUT2D eigenvalue weighted by molar-refractivity contribution is -0.139. The van der Waals surface area contributed by atoms with Crippen molar-refractivity contribution in [2.24, 2.45) is 11.8 Å². The van der Waals surface area contributed by atoms with Gasteiger partial charge in [-0.15, -0.1) is 11.3 Å². The standard InChI is InChI=1S/C27H27FN2O4S/c1-34-20-5-6-24-22(16-20)21(8-11-29-24)25(31)7-4-18-9-13-30(17-19(18)15-27(32)33)12-2-3-26-23(28)10-14-35-26/h5-6,8,10-11,14,16,18-19H,4,7,9,12-13,15,17H2,1H3,(H,32,33)/t18-,19+/m1/s1. The van der Waals surface area contributed by atoms with E-state index in [0.717, 1.165) is 23.9 Å². The molecule has 182 valence electrons. The van der Waals surface area contributed by atoms with E-state index in [-0.39, 0.29) is 29.9 Å². The van der Waals surface area contributed by atoms with E-state index in [2.05, 4.69) is 21.7 Å². The number of halogens is 1. The molecule has 2 atom stereocenters. The lowest BCUT2D eigenvalue weighted by atomic mass is 9.79. The highest BCUT2D eigenvalue weighted by Crippen LogP contribution is 2.31. The van der Waals surface area contributed by atoms with Crippen LogP contribution in [0.5, 0.6) is 5.75 Å². The third kappa shape index (κ3) is 6.24. The van der Waals surface area contributed by atoms with Crippen molar-refractivity contribution in [2.45, 2.75) is 25.7 Å². The zero-order chi connectivity index (χ0) is 24.8. The molecule has 1 saturated heterocycles. The zero-order valence-electron chi connectivity index (χ0n) is 19.5. The molecular weight excluding hydrogens is 467 g/mol. The van der Waals surface area contributed by atoms with Gasteiger partial charge in [0.1, 0.15) is 16.4 Å². The van der Waals surface area contributed by atoms with Crippen molar-refractivity contribution in [3.8, 4) is 17.6 Å². The van der Waals surface area contributed by atoms with Gasteiger partial charge in [-0.05, 0) is 66.9 Å². The van der Waals surface area contributed by atoms with Gasteiger partial charge in [0, 0.05) is 36.5 Å². The summed E-state index contributed by atoms with van der Waals surface area (Å²) in [6, 6.07) is 8.60. The Morgan fingerprint density at radius 1 is 1.29 bits per heavy atom. The maximum Gasteiger partial charge on any atom is 0.303 e. The summed E-state index contributed by atoms with van der Waals surface area (Å²) in [7, 11) is 1.58. The number of carboxylic acids is 1. The lowest BCUT2D eigenvalue weighted by Crippen LogP contribution is -2.41. The number of nitrogens with zero attached hydrogens (tertiary/aromatic N) is 2. The van der Waals surface area contributed by atoms with Crippen molar-refractivity contribution < 1.29 is 23.8 Å². The number of methoxy groups -OCH3 is 1. The number of ketones is 1. The summed E-state index contributed by atoms with van der Waals surface area (Å²) in [5.41, 5.74) is 1.34. The molecular formula is C27H27FN2O4S. The van der Waals surface area contributed by atoms with Crippen LogP contribution in [0.3, 0.4) is 0 Å². The molecule has 0 bridgehead atoms. The van der Waals surface area contributed by atoms with Crippen LogP contribution >= 0.6 is 11.3 Å².